The first-order valence-corrected chi connectivity index (χ1v) is 8.05. The molecule has 0 bridgehead atoms. The summed E-state index contributed by atoms with van der Waals surface area (Å²) in [7, 11) is 0. The molecule has 1 aromatic heterocycles. The Morgan fingerprint density at radius 2 is 2.35 bits per heavy atom. The smallest absolute Gasteiger partial charge is 0.256 e. The van der Waals surface area contributed by atoms with Crippen LogP contribution in [0.3, 0.4) is 0 Å². The van der Waals surface area contributed by atoms with Crippen molar-refractivity contribution in [3.8, 4) is 0 Å². The van der Waals surface area contributed by atoms with Gasteiger partial charge in [0, 0.05) is 17.9 Å². The lowest BCUT2D eigenvalue weighted by molar-refractivity contribution is 0.0739. The fourth-order valence-electron chi connectivity index (χ4n) is 2.14. The van der Waals surface area contributed by atoms with Gasteiger partial charge >= 0.3 is 0 Å². The number of hydrogen-bond acceptors (Lipinski definition) is 2. The Morgan fingerprint density at radius 3 is 2.88 bits per heavy atom. The molecule has 0 saturated carbocycles. The number of nitrogens with zero attached hydrogens (tertiary/aromatic N) is 1. The quantitative estimate of drug-likeness (QED) is 0.723. The van der Waals surface area contributed by atoms with Crippen LogP contribution in [-0.2, 0) is 0 Å². The highest BCUT2D eigenvalue weighted by molar-refractivity contribution is 9.09. The average molecular weight is 357 g/mol. The third-order valence-corrected chi connectivity index (χ3v) is 5.34. The molecule has 0 radical (unpaired) electrons. The fourth-order valence-corrected chi connectivity index (χ4v) is 4.57. The molecule has 1 saturated heterocycles. The Hall–Kier alpha value is 0.230. The van der Waals surface area contributed by atoms with Crippen LogP contribution in [0.25, 0.3) is 0 Å². The number of halogens is 3. The van der Waals surface area contributed by atoms with Crippen LogP contribution in [0.4, 0.5) is 0 Å². The van der Waals surface area contributed by atoms with E-state index < -0.39 is 0 Å². The number of amides is 1. The van der Waals surface area contributed by atoms with Gasteiger partial charge in [-0.1, -0.05) is 46.1 Å². The van der Waals surface area contributed by atoms with Crippen LogP contribution in [0.5, 0.6) is 0 Å². The van der Waals surface area contributed by atoms with Gasteiger partial charge in [0.2, 0.25) is 0 Å². The molecule has 2 nitrogen and oxygen atoms in total. The lowest BCUT2D eigenvalue weighted by atomic mass is 10.1. The van der Waals surface area contributed by atoms with Crippen molar-refractivity contribution < 1.29 is 4.79 Å². The first-order chi connectivity index (χ1) is 8.04. The summed E-state index contributed by atoms with van der Waals surface area (Å²) in [6, 6.07) is 1.91. The molecule has 0 spiro atoms. The van der Waals surface area contributed by atoms with Crippen molar-refractivity contribution >= 4 is 56.4 Å². The van der Waals surface area contributed by atoms with Gasteiger partial charge in [0.1, 0.15) is 4.34 Å². The standard InChI is InChI=1S/C11H12BrCl2NOS/c1-6-2-3-15(8(6)5-12)11(16)7-4-9(13)17-10(7)14/h4,6,8H,2-3,5H2,1H3. The second-order valence-corrected chi connectivity index (χ2v) is 7.16. The number of alkyl halides is 1. The third kappa shape index (κ3) is 2.65. The predicted octanol–water partition coefficient (Wildman–Crippen LogP) is 4.30. The molecule has 2 atom stereocenters. The van der Waals surface area contributed by atoms with Gasteiger partial charge in [-0.05, 0) is 18.4 Å². The maximum atomic E-state index is 12.4. The summed E-state index contributed by atoms with van der Waals surface area (Å²) < 4.78 is 1.04. The van der Waals surface area contributed by atoms with Crippen molar-refractivity contribution in [3.05, 3.63) is 20.3 Å². The van der Waals surface area contributed by atoms with E-state index in [1.54, 1.807) is 6.07 Å². The Kier molecular flexibility index (Phi) is 4.40. The number of carbonyl (C=O) groups excluding carboxylic acids is 1. The Balaban J connectivity index is 2.23. The van der Waals surface area contributed by atoms with Crippen LogP contribution in [0.15, 0.2) is 6.07 Å². The van der Waals surface area contributed by atoms with E-state index in [1.165, 1.54) is 11.3 Å². The topological polar surface area (TPSA) is 20.3 Å². The molecule has 0 aliphatic carbocycles. The maximum Gasteiger partial charge on any atom is 0.256 e. The van der Waals surface area contributed by atoms with Crippen LogP contribution in [0.2, 0.25) is 8.67 Å². The summed E-state index contributed by atoms with van der Waals surface area (Å²) in [5, 5.41) is 0.801. The van der Waals surface area contributed by atoms with Gasteiger partial charge in [-0.2, -0.15) is 0 Å². The van der Waals surface area contributed by atoms with E-state index in [2.05, 4.69) is 22.9 Å². The van der Waals surface area contributed by atoms with Gasteiger partial charge in [-0.15, -0.1) is 11.3 Å². The van der Waals surface area contributed by atoms with E-state index in [-0.39, 0.29) is 11.9 Å². The highest BCUT2D eigenvalue weighted by Crippen LogP contribution is 2.34. The maximum absolute atomic E-state index is 12.4. The van der Waals surface area contributed by atoms with Crippen molar-refractivity contribution in [1.82, 2.24) is 4.90 Å². The van der Waals surface area contributed by atoms with Crippen molar-refractivity contribution in [2.24, 2.45) is 5.92 Å². The summed E-state index contributed by atoms with van der Waals surface area (Å²) in [6.45, 7) is 2.96. The zero-order valence-electron chi connectivity index (χ0n) is 9.25. The lowest BCUT2D eigenvalue weighted by Crippen LogP contribution is -2.38. The van der Waals surface area contributed by atoms with Gasteiger partial charge in [-0.25, -0.2) is 0 Å². The van der Waals surface area contributed by atoms with E-state index in [0.717, 1.165) is 18.3 Å². The molecule has 6 heteroatoms. The van der Waals surface area contributed by atoms with E-state index >= 15 is 0 Å². The van der Waals surface area contributed by atoms with E-state index in [0.29, 0.717) is 20.2 Å². The number of thiophene rings is 1. The molecular formula is C11H12BrCl2NOS. The Bertz CT molecular complexity index is 437. The molecule has 1 amide bonds. The van der Waals surface area contributed by atoms with Crippen LogP contribution < -0.4 is 0 Å². The Morgan fingerprint density at radius 1 is 1.65 bits per heavy atom. The summed E-state index contributed by atoms with van der Waals surface area (Å²) >= 11 is 16.6. The van der Waals surface area contributed by atoms with Gasteiger partial charge in [0.05, 0.1) is 9.90 Å². The zero-order valence-corrected chi connectivity index (χ0v) is 13.2. The number of rotatable bonds is 2. The van der Waals surface area contributed by atoms with Crippen molar-refractivity contribution in [1.29, 1.82) is 0 Å². The predicted molar refractivity (Wildman–Crippen MR) is 76.7 cm³/mol. The fraction of sp³-hybridized carbons (Fsp3) is 0.545. The molecule has 1 aliphatic rings. The molecule has 94 valence electrons. The largest absolute Gasteiger partial charge is 0.334 e. The van der Waals surface area contributed by atoms with Crippen LogP contribution in [0, 0.1) is 5.92 Å². The van der Waals surface area contributed by atoms with Crippen LogP contribution in [0.1, 0.15) is 23.7 Å². The van der Waals surface area contributed by atoms with Gasteiger partial charge in [0.25, 0.3) is 5.91 Å². The summed E-state index contributed by atoms with van der Waals surface area (Å²) in [5.74, 6) is 0.512. The number of likely N-dealkylation sites (tertiary alicyclic amines) is 1. The molecule has 1 aromatic rings. The summed E-state index contributed by atoms with van der Waals surface area (Å²) in [4.78, 5) is 14.3. The van der Waals surface area contributed by atoms with Gasteiger partial charge in [-0.3, -0.25) is 4.79 Å². The minimum absolute atomic E-state index is 0.00745. The number of hydrogen-bond donors (Lipinski definition) is 0. The van der Waals surface area contributed by atoms with Crippen molar-refractivity contribution in [2.75, 3.05) is 11.9 Å². The highest BCUT2D eigenvalue weighted by atomic mass is 79.9. The molecule has 2 unspecified atom stereocenters. The van der Waals surface area contributed by atoms with Crippen LogP contribution in [-0.4, -0.2) is 28.7 Å². The van der Waals surface area contributed by atoms with E-state index in [1.807, 2.05) is 4.90 Å². The molecule has 1 aliphatic heterocycles. The van der Waals surface area contributed by atoms with Gasteiger partial charge in [0.15, 0.2) is 0 Å². The third-order valence-electron chi connectivity index (χ3n) is 3.19. The summed E-state index contributed by atoms with van der Waals surface area (Å²) in [5.41, 5.74) is 0.529. The lowest BCUT2D eigenvalue weighted by Gasteiger charge is -2.25. The normalized spacial score (nSPS) is 24.4. The second-order valence-electron chi connectivity index (χ2n) is 4.22. The number of carbonyl (C=O) groups is 1. The van der Waals surface area contributed by atoms with Gasteiger partial charge < -0.3 is 4.90 Å². The molecule has 1 fully saturated rings. The first-order valence-electron chi connectivity index (χ1n) is 5.36. The molecule has 17 heavy (non-hydrogen) atoms. The highest BCUT2D eigenvalue weighted by Gasteiger charge is 2.35. The Labute approximate surface area is 123 Å². The zero-order chi connectivity index (χ0) is 12.6. The first kappa shape index (κ1) is 13.7. The van der Waals surface area contributed by atoms with E-state index in [4.69, 9.17) is 23.2 Å². The van der Waals surface area contributed by atoms with Crippen molar-refractivity contribution in [3.63, 3.8) is 0 Å². The van der Waals surface area contributed by atoms with E-state index in [9.17, 15) is 4.79 Å². The SMILES string of the molecule is CC1CCN(C(=O)c2cc(Cl)sc2Cl)C1CBr. The molecule has 0 aromatic carbocycles. The average Bonchev–Trinajstić information content (AvgIpc) is 2.80. The summed E-state index contributed by atoms with van der Waals surface area (Å²) in [6.07, 6.45) is 1.04. The van der Waals surface area contributed by atoms with Crippen molar-refractivity contribution in [2.45, 2.75) is 19.4 Å². The minimum Gasteiger partial charge on any atom is -0.334 e. The molecular weight excluding hydrogens is 345 g/mol. The second kappa shape index (κ2) is 5.47. The molecule has 2 heterocycles. The molecule has 2 rings (SSSR count). The van der Waals surface area contributed by atoms with Crippen LogP contribution >= 0.6 is 50.5 Å². The molecule has 0 N–H and O–H groups in total. The monoisotopic (exact) mass is 355 g/mol. The minimum atomic E-state index is -0.00745.